The van der Waals surface area contributed by atoms with E-state index < -0.39 is 6.10 Å². The van der Waals surface area contributed by atoms with E-state index in [2.05, 4.69) is 11.9 Å². The Hall–Kier alpha value is -1.16. The zero-order chi connectivity index (χ0) is 8.27. The maximum absolute atomic E-state index is 10.9. The smallest absolute Gasteiger partial charge is 0.256 e. The highest BCUT2D eigenvalue weighted by Gasteiger charge is 2.25. The topological polar surface area (TPSA) is 55.4 Å². The molecule has 0 radical (unpaired) electrons. The van der Waals surface area contributed by atoms with Crippen LogP contribution in [0.1, 0.15) is 6.42 Å². The zero-order valence-electron chi connectivity index (χ0n) is 6.00. The Kier molecular flexibility index (Phi) is 2.38. The summed E-state index contributed by atoms with van der Waals surface area (Å²) >= 11 is 0. The maximum atomic E-state index is 10.9. The lowest BCUT2D eigenvalue weighted by atomic mass is 10.2. The largest absolute Gasteiger partial charge is 0.358 e. The summed E-state index contributed by atoms with van der Waals surface area (Å²) in [5.41, 5.74) is 0. The third kappa shape index (κ3) is 1.88. The first-order valence-electron chi connectivity index (χ1n) is 3.30. The quantitative estimate of drug-likeness (QED) is 0.436. The van der Waals surface area contributed by atoms with E-state index in [4.69, 9.17) is 4.74 Å². The van der Waals surface area contributed by atoms with Gasteiger partial charge in [-0.25, -0.2) is 0 Å². The predicted octanol–water partition coefficient (Wildman–Crippen LogP) is -0.396. The van der Waals surface area contributed by atoms with Crippen LogP contribution in [0.2, 0.25) is 0 Å². The second-order valence-electron chi connectivity index (χ2n) is 2.24. The third-order valence-corrected chi connectivity index (χ3v) is 1.35. The molecule has 0 bridgehead atoms. The Bertz CT molecular complexity index is 200. The second-order valence-corrected chi connectivity index (χ2v) is 2.24. The summed E-state index contributed by atoms with van der Waals surface area (Å²) in [5.74, 6) is -0.753. The third-order valence-electron chi connectivity index (χ3n) is 1.35. The molecule has 1 heterocycles. The first-order valence-corrected chi connectivity index (χ1v) is 3.30. The normalized spacial score (nSPS) is 24.5. The van der Waals surface area contributed by atoms with Crippen LogP contribution >= 0.6 is 0 Å². The molecule has 1 unspecified atom stereocenters. The molecule has 0 saturated carbocycles. The fraction of sp³-hybridized carbons (Fsp3) is 0.429. The van der Waals surface area contributed by atoms with E-state index in [0.29, 0.717) is 6.42 Å². The highest BCUT2D eigenvalue weighted by Crippen LogP contribution is 2.03. The predicted molar refractivity (Wildman–Crippen MR) is 37.7 cm³/mol. The van der Waals surface area contributed by atoms with E-state index in [9.17, 15) is 9.59 Å². The molecule has 60 valence electrons. The molecule has 1 fully saturated rings. The van der Waals surface area contributed by atoms with E-state index in [-0.39, 0.29) is 18.4 Å². The van der Waals surface area contributed by atoms with Gasteiger partial charge in [-0.15, -0.1) is 6.58 Å². The van der Waals surface area contributed by atoms with Gasteiger partial charge in [0, 0.05) is 6.42 Å². The van der Waals surface area contributed by atoms with Crippen molar-refractivity contribution in [1.29, 1.82) is 0 Å². The Morgan fingerprint density at radius 1 is 1.73 bits per heavy atom. The molecule has 11 heavy (non-hydrogen) atoms. The molecule has 1 N–H and O–H groups in total. The zero-order valence-corrected chi connectivity index (χ0v) is 6.00. The van der Waals surface area contributed by atoms with Crippen molar-refractivity contribution in [2.45, 2.75) is 12.5 Å². The molecule has 0 aromatic heterocycles. The van der Waals surface area contributed by atoms with Gasteiger partial charge in [-0.1, -0.05) is 6.08 Å². The number of amides is 2. The molecular formula is C7H9NO3. The summed E-state index contributed by atoms with van der Waals surface area (Å²) < 4.78 is 4.91. The van der Waals surface area contributed by atoms with Crippen molar-refractivity contribution in [3.8, 4) is 0 Å². The van der Waals surface area contributed by atoms with Gasteiger partial charge in [-0.05, 0) is 0 Å². The van der Waals surface area contributed by atoms with Crippen molar-refractivity contribution in [1.82, 2.24) is 5.32 Å². The van der Waals surface area contributed by atoms with Gasteiger partial charge in [0.15, 0.2) is 0 Å². The minimum Gasteiger partial charge on any atom is -0.358 e. The van der Waals surface area contributed by atoms with E-state index in [1.54, 1.807) is 6.08 Å². The van der Waals surface area contributed by atoms with Crippen molar-refractivity contribution in [3.63, 3.8) is 0 Å². The molecule has 1 rings (SSSR count). The number of carbonyl (C=O) groups is 2. The van der Waals surface area contributed by atoms with Crippen LogP contribution in [0.15, 0.2) is 12.7 Å². The van der Waals surface area contributed by atoms with Crippen LogP contribution in [0.25, 0.3) is 0 Å². The van der Waals surface area contributed by atoms with E-state index in [0.717, 1.165) is 0 Å². The number of imide groups is 1. The van der Waals surface area contributed by atoms with Crippen molar-refractivity contribution in [3.05, 3.63) is 12.7 Å². The number of ether oxygens (including phenoxy) is 1. The van der Waals surface area contributed by atoms with Gasteiger partial charge in [0.1, 0.15) is 12.7 Å². The van der Waals surface area contributed by atoms with Crippen LogP contribution < -0.4 is 5.32 Å². The summed E-state index contributed by atoms with van der Waals surface area (Å²) in [6, 6.07) is 0. The van der Waals surface area contributed by atoms with Crippen LogP contribution in [-0.4, -0.2) is 24.5 Å². The molecule has 0 aliphatic carbocycles. The Labute approximate surface area is 64.2 Å². The molecule has 0 aromatic carbocycles. The van der Waals surface area contributed by atoms with Crippen LogP contribution in [-0.2, 0) is 14.3 Å². The number of rotatable bonds is 2. The van der Waals surface area contributed by atoms with Gasteiger partial charge in [0.25, 0.3) is 11.8 Å². The van der Waals surface area contributed by atoms with E-state index in [1.807, 2.05) is 0 Å². The molecule has 2 amide bonds. The first kappa shape index (κ1) is 7.94. The highest BCUT2D eigenvalue weighted by molar-refractivity contribution is 5.99. The highest BCUT2D eigenvalue weighted by atomic mass is 16.5. The standard InChI is InChI=1S/C7H9NO3/c1-2-3-5-7(10)8-6(9)4-11-5/h2,5H,1,3-4H2,(H,8,9,10). The Morgan fingerprint density at radius 2 is 2.45 bits per heavy atom. The Morgan fingerprint density at radius 3 is 3.00 bits per heavy atom. The minimum atomic E-state index is -0.537. The van der Waals surface area contributed by atoms with Crippen LogP contribution in [0, 0.1) is 0 Å². The number of carbonyl (C=O) groups excluding carboxylic acids is 2. The Balaban J connectivity index is 2.50. The van der Waals surface area contributed by atoms with Gasteiger partial charge in [-0.3, -0.25) is 14.9 Å². The van der Waals surface area contributed by atoms with Crippen LogP contribution in [0.4, 0.5) is 0 Å². The molecule has 0 spiro atoms. The minimum absolute atomic E-state index is 0.0375. The average Bonchev–Trinajstić information content (AvgIpc) is 1.95. The summed E-state index contributed by atoms with van der Waals surface area (Å²) in [5, 5.41) is 2.16. The lowest BCUT2D eigenvalue weighted by Gasteiger charge is -2.19. The molecule has 4 nitrogen and oxygen atoms in total. The summed E-state index contributed by atoms with van der Waals surface area (Å²) in [6.45, 7) is 3.43. The lowest BCUT2D eigenvalue weighted by Crippen LogP contribution is -2.47. The SMILES string of the molecule is C=CCC1OCC(=O)NC1=O. The van der Waals surface area contributed by atoms with Crippen LogP contribution in [0.3, 0.4) is 0 Å². The van der Waals surface area contributed by atoms with Crippen molar-refractivity contribution in [2.24, 2.45) is 0 Å². The lowest BCUT2D eigenvalue weighted by molar-refractivity contribution is -0.149. The van der Waals surface area contributed by atoms with Crippen LogP contribution in [0.5, 0.6) is 0 Å². The molecule has 1 aliphatic rings. The van der Waals surface area contributed by atoms with Gasteiger partial charge in [0.05, 0.1) is 0 Å². The van der Waals surface area contributed by atoms with Gasteiger partial charge in [-0.2, -0.15) is 0 Å². The molecule has 1 aliphatic heterocycles. The fourth-order valence-electron chi connectivity index (χ4n) is 0.832. The second kappa shape index (κ2) is 3.30. The summed E-state index contributed by atoms with van der Waals surface area (Å²) in [6.07, 6.45) is 1.49. The molecule has 4 heteroatoms. The van der Waals surface area contributed by atoms with Crippen molar-refractivity contribution in [2.75, 3.05) is 6.61 Å². The van der Waals surface area contributed by atoms with Crippen molar-refractivity contribution < 1.29 is 14.3 Å². The first-order chi connectivity index (χ1) is 5.24. The van der Waals surface area contributed by atoms with Gasteiger partial charge in [0.2, 0.25) is 0 Å². The van der Waals surface area contributed by atoms with Crippen molar-refractivity contribution >= 4 is 11.8 Å². The monoisotopic (exact) mass is 155 g/mol. The van der Waals surface area contributed by atoms with Gasteiger partial charge >= 0.3 is 0 Å². The summed E-state index contributed by atoms with van der Waals surface area (Å²) in [7, 11) is 0. The average molecular weight is 155 g/mol. The number of morpholine rings is 1. The van der Waals surface area contributed by atoms with E-state index in [1.165, 1.54) is 0 Å². The number of hydrogen-bond acceptors (Lipinski definition) is 3. The molecule has 0 aromatic rings. The summed E-state index contributed by atoms with van der Waals surface area (Å²) in [4.78, 5) is 21.4. The van der Waals surface area contributed by atoms with E-state index >= 15 is 0 Å². The number of nitrogens with one attached hydrogen (secondary N) is 1. The maximum Gasteiger partial charge on any atom is 0.256 e. The molecular weight excluding hydrogens is 146 g/mol. The molecule has 1 saturated heterocycles. The molecule has 1 atom stereocenters. The van der Waals surface area contributed by atoms with Gasteiger partial charge < -0.3 is 4.74 Å². The fourth-order valence-corrected chi connectivity index (χ4v) is 0.832. The number of hydrogen-bond donors (Lipinski definition) is 1.